The third-order valence-corrected chi connectivity index (χ3v) is 7.86. The van der Waals surface area contributed by atoms with Crippen LogP contribution in [0.15, 0.2) is 59.8 Å². The minimum atomic E-state index is -3.32. The van der Waals surface area contributed by atoms with E-state index in [1.54, 1.807) is 36.7 Å². The first-order chi connectivity index (χ1) is 16.1. The van der Waals surface area contributed by atoms with Gasteiger partial charge in [0.25, 0.3) is 0 Å². The van der Waals surface area contributed by atoms with E-state index in [9.17, 15) is 8.42 Å². The molecule has 0 N–H and O–H groups in total. The van der Waals surface area contributed by atoms with E-state index in [2.05, 4.69) is 14.8 Å². The van der Waals surface area contributed by atoms with E-state index in [0.29, 0.717) is 37.0 Å². The van der Waals surface area contributed by atoms with Crippen LogP contribution < -0.4 is 4.90 Å². The van der Waals surface area contributed by atoms with Crippen molar-refractivity contribution in [2.24, 2.45) is 0 Å². The first-order valence-corrected chi connectivity index (χ1v) is 12.9. The van der Waals surface area contributed by atoms with E-state index in [1.165, 1.54) is 0 Å². The van der Waals surface area contributed by atoms with E-state index in [0.717, 1.165) is 48.7 Å². The summed E-state index contributed by atoms with van der Waals surface area (Å²) < 4.78 is 31.1. The number of benzene rings is 1. The summed E-state index contributed by atoms with van der Waals surface area (Å²) in [6.07, 6.45) is 4.27. The Morgan fingerprint density at radius 2 is 1.70 bits per heavy atom. The number of aromatic nitrogens is 3. The highest BCUT2D eigenvalue weighted by molar-refractivity contribution is 7.91. The lowest BCUT2D eigenvalue weighted by Gasteiger charge is -2.34. The number of hydrogen-bond donors (Lipinski definition) is 0. The van der Waals surface area contributed by atoms with Gasteiger partial charge in [0, 0.05) is 62.7 Å². The van der Waals surface area contributed by atoms with Gasteiger partial charge in [-0.1, -0.05) is 18.2 Å². The second-order valence-electron chi connectivity index (χ2n) is 8.29. The number of fused-ring (bicyclic) bond motifs is 1. The number of anilines is 1. The summed E-state index contributed by atoms with van der Waals surface area (Å²) in [6, 6.07) is 12.5. The predicted octanol–water partition coefficient (Wildman–Crippen LogP) is 2.21. The lowest BCUT2D eigenvalue weighted by molar-refractivity contribution is 0.122. The molecule has 2 aliphatic heterocycles. The molecule has 5 rings (SSSR count). The van der Waals surface area contributed by atoms with Crippen molar-refractivity contribution in [1.29, 1.82) is 0 Å². The van der Waals surface area contributed by atoms with Gasteiger partial charge in [-0.15, -0.1) is 0 Å². The molecule has 0 radical (unpaired) electrons. The highest BCUT2D eigenvalue weighted by Crippen LogP contribution is 2.30. The van der Waals surface area contributed by atoms with Gasteiger partial charge in [0.15, 0.2) is 15.7 Å². The van der Waals surface area contributed by atoms with E-state index in [1.807, 2.05) is 18.2 Å². The summed E-state index contributed by atoms with van der Waals surface area (Å²) in [4.78, 5) is 18.8. The van der Waals surface area contributed by atoms with Gasteiger partial charge in [-0.2, -0.15) is 0 Å². The van der Waals surface area contributed by atoms with Gasteiger partial charge in [-0.3, -0.25) is 9.88 Å². The molecule has 172 valence electrons. The van der Waals surface area contributed by atoms with Crippen molar-refractivity contribution in [3.8, 4) is 11.4 Å². The summed E-state index contributed by atoms with van der Waals surface area (Å²) in [5, 5.41) is 0. The van der Waals surface area contributed by atoms with Crippen LogP contribution in [0.2, 0.25) is 0 Å². The highest BCUT2D eigenvalue weighted by atomic mass is 32.2. The van der Waals surface area contributed by atoms with Gasteiger partial charge in [0.2, 0.25) is 0 Å². The fourth-order valence-corrected chi connectivity index (χ4v) is 5.61. The van der Waals surface area contributed by atoms with Crippen molar-refractivity contribution in [3.05, 3.63) is 66.1 Å². The molecule has 1 saturated heterocycles. The third-order valence-electron chi connectivity index (χ3n) is 6.15. The lowest BCUT2D eigenvalue weighted by atomic mass is 10.0. The van der Waals surface area contributed by atoms with E-state index >= 15 is 0 Å². The van der Waals surface area contributed by atoms with Crippen LogP contribution in [0, 0.1) is 0 Å². The molecule has 1 fully saturated rings. The van der Waals surface area contributed by atoms with Crippen LogP contribution in [-0.2, 0) is 27.5 Å². The number of nitrogens with zero attached hydrogens (tertiary/aromatic N) is 5. The Bertz CT molecular complexity index is 1200. The summed E-state index contributed by atoms with van der Waals surface area (Å²) in [7, 11) is -3.32. The van der Waals surface area contributed by atoms with Crippen molar-refractivity contribution >= 4 is 15.7 Å². The molecule has 8 nitrogen and oxygen atoms in total. The van der Waals surface area contributed by atoms with Crippen LogP contribution in [0.25, 0.3) is 11.4 Å². The van der Waals surface area contributed by atoms with Crippen LogP contribution in [0.1, 0.15) is 11.3 Å². The number of pyridine rings is 1. The van der Waals surface area contributed by atoms with Crippen LogP contribution in [0.4, 0.5) is 5.82 Å². The molecule has 33 heavy (non-hydrogen) atoms. The van der Waals surface area contributed by atoms with Gasteiger partial charge in [-0.05, 0) is 24.3 Å². The smallest absolute Gasteiger partial charge is 0.179 e. The summed E-state index contributed by atoms with van der Waals surface area (Å²) >= 11 is 0. The summed E-state index contributed by atoms with van der Waals surface area (Å²) in [5.41, 5.74) is 3.08. The predicted molar refractivity (Wildman–Crippen MR) is 126 cm³/mol. The number of hydrogen-bond acceptors (Lipinski definition) is 8. The average molecular weight is 466 g/mol. The molecule has 0 unspecified atom stereocenters. The molecular weight excluding hydrogens is 438 g/mol. The second-order valence-corrected chi connectivity index (χ2v) is 10.4. The van der Waals surface area contributed by atoms with Crippen LogP contribution in [0.5, 0.6) is 0 Å². The molecule has 0 spiro atoms. The number of ether oxygens (including phenoxy) is 1. The molecule has 0 amide bonds. The SMILES string of the molecule is O=S(=O)(CCN1CCc2nc(-c3ccncc3)nc(N3CCOCC3)c2C1)c1ccccc1. The molecule has 2 aromatic heterocycles. The molecule has 0 atom stereocenters. The molecule has 1 aromatic carbocycles. The molecule has 4 heterocycles. The largest absolute Gasteiger partial charge is 0.378 e. The van der Waals surface area contributed by atoms with E-state index < -0.39 is 9.84 Å². The molecular formula is C24H27N5O3S. The van der Waals surface area contributed by atoms with Crippen LogP contribution in [0.3, 0.4) is 0 Å². The molecule has 2 aliphatic rings. The van der Waals surface area contributed by atoms with Gasteiger partial charge in [0.1, 0.15) is 5.82 Å². The third kappa shape index (κ3) is 4.90. The summed E-state index contributed by atoms with van der Waals surface area (Å²) in [5.74, 6) is 1.73. The molecule has 3 aromatic rings. The standard InChI is InChI=1S/C24H27N5O3S/c30-33(31,20-4-2-1-3-5-20)17-14-28-11-8-22-21(18-28)24(29-12-15-32-16-13-29)27-23(26-22)19-6-9-25-10-7-19/h1-7,9-10H,8,11-18H2. The fourth-order valence-electron chi connectivity index (χ4n) is 4.31. The van der Waals surface area contributed by atoms with Crippen molar-refractivity contribution in [3.63, 3.8) is 0 Å². The monoisotopic (exact) mass is 465 g/mol. The minimum Gasteiger partial charge on any atom is -0.378 e. The average Bonchev–Trinajstić information content (AvgIpc) is 2.88. The van der Waals surface area contributed by atoms with Gasteiger partial charge < -0.3 is 9.64 Å². The Balaban J connectivity index is 1.40. The van der Waals surface area contributed by atoms with Crippen molar-refractivity contribution in [1.82, 2.24) is 19.9 Å². The zero-order valence-electron chi connectivity index (χ0n) is 18.4. The Morgan fingerprint density at radius 3 is 2.45 bits per heavy atom. The van der Waals surface area contributed by atoms with Gasteiger partial charge in [-0.25, -0.2) is 18.4 Å². The topological polar surface area (TPSA) is 88.5 Å². The molecule has 0 aliphatic carbocycles. The maximum Gasteiger partial charge on any atom is 0.179 e. The maximum absolute atomic E-state index is 12.8. The van der Waals surface area contributed by atoms with E-state index in [-0.39, 0.29) is 5.75 Å². The van der Waals surface area contributed by atoms with E-state index in [4.69, 9.17) is 14.7 Å². The maximum atomic E-state index is 12.8. The first kappa shape index (κ1) is 21.9. The van der Waals surface area contributed by atoms with Crippen LogP contribution in [-0.4, -0.2) is 73.4 Å². The Morgan fingerprint density at radius 1 is 0.939 bits per heavy atom. The first-order valence-electron chi connectivity index (χ1n) is 11.2. The lowest BCUT2D eigenvalue weighted by Crippen LogP contribution is -2.40. The molecule has 0 saturated carbocycles. The Labute approximate surface area is 194 Å². The summed E-state index contributed by atoms with van der Waals surface area (Å²) in [6.45, 7) is 4.79. The van der Waals surface area contributed by atoms with Gasteiger partial charge in [0.05, 0.1) is 29.6 Å². The zero-order chi connectivity index (χ0) is 22.7. The highest BCUT2D eigenvalue weighted by Gasteiger charge is 2.27. The normalized spacial score (nSPS) is 17.0. The Kier molecular flexibility index (Phi) is 6.34. The number of sulfone groups is 1. The van der Waals surface area contributed by atoms with Crippen molar-refractivity contribution in [2.45, 2.75) is 17.9 Å². The number of morpholine rings is 1. The Hall–Kier alpha value is -2.88. The molecule has 0 bridgehead atoms. The zero-order valence-corrected chi connectivity index (χ0v) is 19.2. The molecule has 9 heteroatoms. The second kappa shape index (κ2) is 9.54. The van der Waals surface area contributed by atoms with Crippen molar-refractivity contribution < 1.29 is 13.2 Å². The van der Waals surface area contributed by atoms with Gasteiger partial charge >= 0.3 is 0 Å². The number of rotatable bonds is 6. The fraction of sp³-hybridized carbons (Fsp3) is 0.375. The minimum absolute atomic E-state index is 0.0925. The van der Waals surface area contributed by atoms with Crippen molar-refractivity contribution in [2.75, 3.05) is 50.0 Å². The van der Waals surface area contributed by atoms with Crippen LogP contribution >= 0.6 is 0 Å². The quantitative estimate of drug-likeness (QED) is 0.548.